The number of nitrogens with zero attached hydrogens (tertiary/aromatic N) is 4. The smallest absolute Gasteiger partial charge is 0.443 e. The van der Waals surface area contributed by atoms with Crippen LogP contribution in [0.25, 0.3) is 28.0 Å². The molecule has 0 saturated heterocycles. The van der Waals surface area contributed by atoms with Gasteiger partial charge in [-0.1, -0.05) is 18.2 Å². The number of hydrogen-bond donors (Lipinski definition) is 3. The molecule has 36 heavy (non-hydrogen) atoms. The van der Waals surface area contributed by atoms with Crippen LogP contribution in [-0.4, -0.2) is 32.0 Å². The van der Waals surface area contributed by atoms with E-state index in [0.717, 1.165) is 17.7 Å². The van der Waals surface area contributed by atoms with E-state index < -0.39 is 18.1 Å². The fourth-order valence-corrected chi connectivity index (χ4v) is 3.65. The summed E-state index contributed by atoms with van der Waals surface area (Å²) in [7, 11) is 0. The van der Waals surface area contributed by atoms with Crippen LogP contribution in [0.15, 0.2) is 78.1 Å². The molecule has 10 nitrogen and oxygen atoms in total. The summed E-state index contributed by atoms with van der Waals surface area (Å²) in [6, 6.07) is 11.1. The predicted octanol–water partition coefficient (Wildman–Crippen LogP) is 5.18. The lowest BCUT2D eigenvalue weighted by molar-refractivity contribution is -0.274. The molecule has 0 aliphatic heterocycles. The van der Waals surface area contributed by atoms with Crippen molar-refractivity contribution in [2.75, 3.05) is 16.4 Å². The van der Waals surface area contributed by atoms with Gasteiger partial charge in [0.05, 0.1) is 6.20 Å². The van der Waals surface area contributed by atoms with Crippen molar-refractivity contribution in [1.82, 2.24) is 19.6 Å². The van der Waals surface area contributed by atoms with Crippen LogP contribution < -0.4 is 21.1 Å². The molecule has 0 spiro atoms. The monoisotopic (exact) mass is 495 g/mol. The normalized spacial score (nSPS) is 11.4. The first-order chi connectivity index (χ1) is 17.3. The lowest BCUT2D eigenvalue weighted by Crippen LogP contribution is -2.20. The Hall–Kier alpha value is -5.07. The zero-order chi connectivity index (χ0) is 25.3. The van der Waals surface area contributed by atoms with Gasteiger partial charge in [0.25, 0.3) is 0 Å². The number of nitrogens with two attached hydrogens (primary N) is 1. The number of nitrogen functional groups attached to an aromatic ring is 1. The van der Waals surface area contributed by atoms with Gasteiger partial charge in [-0.25, -0.2) is 19.3 Å². The van der Waals surface area contributed by atoms with Crippen LogP contribution in [0.5, 0.6) is 5.75 Å². The van der Waals surface area contributed by atoms with Crippen molar-refractivity contribution >= 4 is 28.7 Å². The summed E-state index contributed by atoms with van der Waals surface area (Å²) in [6.45, 7) is 0. The number of halogens is 3. The Labute approximate surface area is 200 Å². The average Bonchev–Trinajstić information content (AvgIpc) is 3.47. The van der Waals surface area contributed by atoms with E-state index >= 15 is 0 Å². The Morgan fingerprint density at radius 3 is 2.58 bits per heavy atom. The molecule has 0 radical (unpaired) electrons. The number of benzene rings is 2. The minimum absolute atomic E-state index is 0.123. The lowest BCUT2D eigenvalue weighted by atomic mass is 10.0. The van der Waals surface area contributed by atoms with Crippen molar-refractivity contribution in [2.24, 2.45) is 0 Å². The summed E-state index contributed by atoms with van der Waals surface area (Å²) < 4.78 is 48.2. The molecule has 0 bridgehead atoms. The highest BCUT2D eigenvalue weighted by Crippen LogP contribution is 2.38. The fourth-order valence-electron chi connectivity index (χ4n) is 3.65. The zero-order valence-electron chi connectivity index (χ0n) is 18.2. The quantitative estimate of drug-likeness (QED) is 0.306. The minimum atomic E-state index is -4.84. The van der Waals surface area contributed by atoms with Gasteiger partial charge in [-0.15, -0.1) is 13.2 Å². The van der Waals surface area contributed by atoms with Crippen LogP contribution in [0.3, 0.4) is 0 Å². The SMILES string of the molecule is Nc1ncnn2cc(-c3cnco3)c(-c3ccc(NC(=O)Nc4cccc(OC(F)(F)F)c4)cc3)c12. The number of urea groups is 1. The third kappa shape index (κ3) is 4.75. The van der Waals surface area contributed by atoms with Gasteiger partial charge >= 0.3 is 12.4 Å². The molecule has 0 fully saturated rings. The van der Waals surface area contributed by atoms with E-state index in [-0.39, 0.29) is 11.5 Å². The summed E-state index contributed by atoms with van der Waals surface area (Å²) in [5.41, 5.74) is 9.40. The topological polar surface area (TPSA) is 133 Å². The van der Waals surface area contributed by atoms with Crippen molar-refractivity contribution in [1.29, 1.82) is 0 Å². The third-order valence-electron chi connectivity index (χ3n) is 5.06. The first kappa shape index (κ1) is 22.7. The number of amides is 2. The maximum atomic E-state index is 12.4. The van der Waals surface area contributed by atoms with E-state index in [1.165, 1.54) is 24.9 Å². The number of carbonyl (C=O) groups excluding carboxylic acids is 1. The second-order valence-electron chi connectivity index (χ2n) is 7.45. The predicted molar refractivity (Wildman–Crippen MR) is 124 cm³/mol. The highest BCUT2D eigenvalue weighted by Gasteiger charge is 2.31. The number of carbonyl (C=O) groups is 1. The van der Waals surface area contributed by atoms with Crippen molar-refractivity contribution in [2.45, 2.75) is 6.36 Å². The molecule has 4 N–H and O–H groups in total. The van der Waals surface area contributed by atoms with Crippen molar-refractivity contribution < 1.29 is 27.1 Å². The van der Waals surface area contributed by atoms with Gasteiger partial charge in [-0.05, 0) is 29.8 Å². The number of nitrogens with one attached hydrogen (secondary N) is 2. The standard InChI is InChI=1S/C23H16F3N7O3/c24-23(25,26)36-16-3-1-2-15(8-16)32-22(34)31-14-6-4-13(5-7-14)19-17(18-9-28-12-35-18)10-33-20(19)21(27)29-11-30-33/h1-12H,(H2,27,29,30)(H2,31,32,34). The Kier molecular flexibility index (Phi) is 5.64. The van der Waals surface area contributed by atoms with Gasteiger partial charge in [-0.3, -0.25) is 0 Å². The molecule has 5 rings (SSSR count). The van der Waals surface area contributed by atoms with Crippen LogP contribution in [-0.2, 0) is 0 Å². The maximum absolute atomic E-state index is 12.4. The van der Waals surface area contributed by atoms with E-state index in [1.807, 2.05) is 0 Å². The van der Waals surface area contributed by atoms with Gasteiger partial charge in [0.15, 0.2) is 18.0 Å². The average molecular weight is 495 g/mol. The molecule has 2 aromatic carbocycles. The summed E-state index contributed by atoms with van der Waals surface area (Å²) in [5.74, 6) is 0.326. The Morgan fingerprint density at radius 2 is 1.86 bits per heavy atom. The Balaban J connectivity index is 1.37. The van der Waals surface area contributed by atoms with Crippen LogP contribution in [0.4, 0.5) is 35.2 Å². The largest absolute Gasteiger partial charge is 0.573 e. The molecule has 0 aliphatic carbocycles. The second-order valence-corrected chi connectivity index (χ2v) is 7.45. The van der Waals surface area contributed by atoms with Crippen LogP contribution in [0.2, 0.25) is 0 Å². The number of oxazole rings is 1. The van der Waals surface area contributed by atoms with E-state index in [2.05, 4.69) is 30.4 Å². The van der Waals surface area contributed by atoms with Crippen LogP contribution in [0.1, 0.15) is 0 Å². The molecule has 0 unspecified atom stereocenters. The first-order valence-corrected chi connectivity index (χ1v) is 10.3. The molecule has 0 atom stereocenters. The number of rotatable bonds is 5. The number of alkyl halides is 3. The van der Waals surface area contributed by atoms with E-state index in [9.17, 15) is 18.0 Å². The van der Waals surface area contributed by atoms with Gasteiger partial charge in [0.1, 0.15) is 17.6 Å². The molecule has 2 amide bonds. The number of fused-ring (bicyclic) bond motifs is 1. The van der Waals surface area contributed by atoms with E-state index in [4.69, 9.17) is 10.2 Å². The summed E-state index contributed by atoms with van der Waals surface area (Å²) in [5, 5.41) is 9.30. The summed E-state index contributed by atoms with van der Waals surface area (Å²) in [4.78, 5) is 20.4. The first-order valence-electron chi connectivity index (χ1n) is 10.3. The third-order valence-corrected chi connectivity index (χ3v) is 5.06. The Bertz CT molecular complexity index is 1530. The van der Waals surface area contributed by atoms with Gasteiger partial charge < -0.3 is 25.5 Å². The van der Waals surface area contributed by atoms with E-state index in [0.29, 0.717) is 28.1 Å². The summed E-state index contributed by atoms with van der Waals surface area (Å²) >= 11 is 0. The molecule has 0 saturated carbocycles. The molecule has 5 aromatic rings. The van der Waals surface area contributed by atoms with Crippen LogP contribution in [0, 0.1) is 0 Å². The number of aromatic nitrogens is 4. The molecule has 3 aromatic heterocycles. The molecule has 0 aliphatic rings. The highest BCUT2D eigenvalue weighted by molar-refractivity contribution is 6.01. The molecular formula is C23H16F3N7O3. The minimum Gasteiger partial charge on any atom is -0.443 e. The van der Waals surface area contributed by atoms with Crippen molar-refractivity contribution in [3.05, 3.63) is 73.6 Å². The Morgan fingerprint density at radius 1 is 1.08 bits per heavy atom. The van der Waals surface area contributed by atoms with Gasteiger partial charge in [0.2, 0.25) is 0 Å². The van der Waals surface area contributed by atoms with E-state index in [1.54, 1.807) is 41.2 Å². The maximum Gasteiger partial charge on any atom is 0.573 e. The van der Waals surface area contributed by atoms with Crippen molar-refractivity contribution in [3.8, 4) is 28.2 Å². The molecule has 182 valence electrons. The van der Waals surface area contributed by atoms with Crippen molar-refractivity contribution in [3.63, 3.8) is 0 Å². The fraction of sp³-hybridized carbons (Fsp3) is 0.0435. The van der Waals surface area contributed by atoms with Gasteiger partial charge in [-0.2, -0.15) is 5.10 Å². The summed E-state index contributed by atoms with van der Waals surface area (Å²) in [6.07, 6.45) is 1.13. The number of ether oxygens (including phenoxy) is 1. The second kappa shape index (κ2) is 8.94. The molecule has 13 heteroatoms. The highest BCUT2D eigenvalue weighted by atomic mass is 19.4. The molecule has 3 heterocycles. The lowest BCUT2D eigenvalue weighted by Gasteiger charge is -2.12. The van der Waals surface area contributed by atoms with Crippen LogP contribution >= 0.6 is 0 Å². The number of anilines is 3. The van der Waals surface area contributed by atoms with Gasteiger partial charge in [0, 0.05) is 34.8 Å². The zero-order valence-corrected chi connectivity index (χ0v) is 18.2. The number of hydrogen-bond acceptors (Lipinski definition) is 7. The molecular weight excluding hydrogens is 479 g/mol.